The van der Waals surface area contributed by atoms with Gasteiger partial charge < -0.3 is 5.32 Å². The molecule has 3 amide bonds. The summed E-state index contributed by atoms with van der Waals surface area (Å²) in [7, 11) is 0. The fraction of sp³-hybridized carbons (Fsp3) is 0.333. The van der Waals surface area contributed by atoms with Crippen LogP contribution in [0.15, 0.2) is 48.5 Å². The van der Waals surface area contributed by atoms with Crippen molar-refractivity contribution in [3.8, 4) is 0 Å². The lowest BCUT2D eigenvalue weighted by atomic mass is 10.1. The Kier molecular flexibility index (Phi) is 8.42. The molecule has 0 saturated carbocycles. The minimum absolute atomic E-state index is 0.0489. The molecule has 0 bridgehead atoms. The molecule has 0 atom stereocenters. The van der Waals surface area contributed by atoms with E-state index >= 15 is 0 Å². The van der Waals surface area contributed by atoms with Crippen molar-refractivity contribution in [3.05, 3.63) is 71.0 Å². The van der Waals surface area contributed by atoms with Crippen LogP contribution in [0, 0.1) is 5.82 Å². The number of urea groups is 1. The van der Waals surface area contributed by atoms with Crippen molar-refractivity contribution in [2.75, 3.05) is 13.1 Å². The van der Waals surface area contributed by atoms with Gasteiger partial charge in [-0.25, -0.2) is 14.6 Å². The second kappa shape index (κ2) is 11.0. The van der Waals surface area contributed by atoms with Gasteiger partial charge in [-0.2, -0.15) is 0 Å². The van der Waals surface area contributed by atoms with Crippen LogP contribution in [0.1, 0.15) is 30.5 Å². The summed E-state index contributed by atoms with van der Waals surface area (Å²) in [4.78, 5) is 26.1. The standard InChI is InChI=1S/C21H27FN4O2/c1-3-26(4-2)15-18-8-6-5-7-17(18)14-23-21(28)25-24-20(27)13-16-9-11-19(22)12-10-16/h5-12H,3-4,13-15H2,1-2H3,(H,24,27)(H2,23,25,28). The highest BCUT2D eigenvalue weighted by Gasteiger charge is 2.09. The van der Waals surface area contributed by atoms with E-state index in [0.717, 1.165) is 30.8 Å². The van der Waals surface area contributed by atoms with Gasteiger partial charge in [-0.05, 0) is 41.9 Å². The Labute approximate surface area is 165 Å². The van der Waals surface area contributed by atoms with Crippen molar-refractivity contribution >= 4 is 11.9 Å². The third kappa shape index (κ3) is 7.00. The average Bonchev–Trinajstić information content (AvgIpc) is 2.71. The number of nitrogens with one attached hydrogen (secondary N) is 3. The second-order valence-corrected chi connectivity index (χ2v) is 6.39. The van der Waals surface area contributed by atoms with Crippen LogP contribution in [-0.4, -0.2) is 29.9 Å². The molecular weight excluding hydrogens is 359 g/mol. The molecule has 0 fully saturated rings. The molecule has 3 N–H and O–H groups in total. The number of halogens is 1. The van der Waals surface area contributed by atoms with Gasteiger partial charge in [-0.3, -0.25) is 15.1 Å². The van der Waals surface area contributed by atoms with Gasteiger partial charge in [0.15, 0.2) is 0 Å². The van der Waals surface area contributed by atoms with Crippen molar-refractivity contribution < 1.29 is 14.0 Å². The first-order valence-corrected chi connectivity index (χ1v) is 9.38. The summed E-state index contributed by atoms with van der Waals surface area (Å²) in [5.74, 6) is -0.744. The smallest absolute Gasteiger partial charge is 0.333 e. The molecule has 0 spiro atoms. The lowest BCUT2D eigenvalue weighted by Gasteiger charge is -2.20. The molecule has 7 heteroatoms. The molecule has 0 saturated heterocycles. The maximum Gasteiger partial charge on any atom is 0.333 e. The van der Waals surface area contributed by atoms with Crippen molar-refractivity contribution in [1.82, 2.24) is 21.1 Å². The third-order valence-electron chi connectivity index (χ3n) is 4.44. The first kappa shape index (κ1) is 21.4. The van der Waals surface area contributed by atoms with E-state index in [-0.39, 0.29) is 18.1 Å². The number of nitrogens with zero attached hydrogens (tertiary/aromatic N) is 1. The SMILES string of the molecule is CCN(CC)Cc1ccccc1CNC(=O)NNC(=O)Cc1ccc(F)cc1. The quantitative estimate of drug-likeness (QED) is 0.611. The van der Waals surface area contributed by atoms with Crippen LogP contribution in [0.5, 0.6) is 0 Å². The topological polar surface area (TPSA) is 73.5 Å². The van der Waals surface area contributed by atoms with E-state index in [9.17, 15) is 14.0 Å². The van der Waals surface area contributed by atoms with E-state index in [1.165, 1.54) is 24.3 Å². The van der Waals surface area contributed by atoms with Gasteiger partial charge in [0.1, 0.15) is 5.82 Å². The van der Waals surface area contributed by atoms with E-state index in [2.05, 4.69) is 41.0 Å². The third-order valence-corrected chi connectivity index (χ3v) is 4.44. The first-order valence-electron chi connectivity index (χ1n) is 9.38. The van der Waals surface area contributed by atoms with E-state index in [1.54, 1.807) is 0 Å². The van der Waals surface area contributed by atoms with Gasteiger partial charge in [0, 0.05) is 13.1 Å². The number of rotatable bonds is 8. The van der Waals surface area contributed by atoms with Gasteiger partial charge in [0.2, 0.25) is 5.91 Å². The predicted molar refractivity (Wildman–Crippen MR) is 107 cm³/mol. The lowest BCUT2D eigenvalue weighted by Crippen LogP contribution is -2.47. The van der Waals surface area contributed by atoms with E-state index in [0.29, 0.717) is 12.1 Å². The fourth-order valence-electron chi connectivity index (χ4n) is 2.75. The highest BCUT2D eigenvalue weighted by Crippen LogP contribution is 2.11. The van der Waals surface area contributed by atoms with Crippen LogP contribution in [0.4, 0.5) is 9.18 Å². The molecular formula is C21H27FN4O2. The van der Waals surface area contributed by atoms with Crippen molar-refractivity contribution in [1.29, 1.82) is 0 Å². The molecule has 0 unspecified atom stereocenters. The predicted octanol–water partition coefficient (Wildman–Crippen LogP) is 2.74. The van der Waals surface area contributed by atoms with E-state index < -0.39 is 6.03 Å². The summed E-state index contributed by atoms with van der Waals surface area (Å²) in [5, 5.41) is 2.74. The van der Waals surface area contributed by atoms with Crippen LogP contribution in [0.25, 0.3) is 0 Å². The summed E-state index contributed by atoms with van der Waals surface area (Å²) in [5.41, 5.74) is 7.52. The Morgan fingerprint density at radius 2 is 1.57 bits per heavy atom. The number of hydrazine groups is 1. The molecule has 0 aliphatic heterocycles. The molecule has 0 radical (unpaired) electrons. The summed E-state index contributed by atoms with van der Waals surface area (Å²) < 4.78 is 12.9. The molecule has 0 aliphatic carbocycles. The van der Waals surface area contributed by atoms with Crippen LogP contribution < -0.4 is 16.2 Å². The minimum atomic E-state index is -0.495. The Hall–Kier alpha value is -2.93. The molecule has 28 heavy (non-hydrogen) atoms. The van der Waals surface area contributed by atoms with Crippen molar-refractivity contribution in [3.63, 3.8) is 0 Å². The van der Waals surface area contributed by atoms with Gasteiger partial charge in [-0.15, -0.1) is 0 Å². The van der Waals surface area contributed by atoms with Crippen molar-refractivity contribution in [2.45, 2.75) is 33.4 Å². The van der Waals surface area contributed by atoms with Crippen LogP contribution in [-0.2, 0) is 24.3 Å². The molecule has 0 aromatic heterocycles. The average molecular weight is 386 g/mol. The molecule has 2 aromatic carbocycles. The zero-order chi connectivity index (χ0) is 20.4. The summed E-state index contributed by atoms with van der Waals surface area (Å²) >= 11 is 0. The molecule has 6 nitrogen and oxygen atoms in total. The Bertz CT molecular complexity index is 776. The van der Waals surface area contributed by atoms with Crippen LogP contribution in [0.3, 0.4) is 0 Å². The maximum absolute atomic E-state index is 12.9. The first-order chi connectivity index (χ1) is 13.5. The maximum atomic E-state index is 12.9. The monoisotopic (exact) mass is 386 g/mol. The van der Waals surface area contributed by atoms with Crippen LogP contribution >= 0.6 is 0 Å². The summed E-state index contributed by atoms with van der Waals surface area (Å²) in [6, 6.07) is 13.1. The highest BCUT2D eigenvalue weighted by atomic mass is 19.1. The van der Waals surface area contributed by atoms with Gasteiger partial charge in [0.05, 0.1) is 6.42 Å². The molecule has 150 valence electrons. The van der Waals surface area contributed by atoms with Gasteiger partial charge in [0.25, 0.3) is 0 Å². The fourth-order valence-corrected chi connectivity index (χ4v) is 2.75. The molecule has 2 aromatic rings. The second-order valence-electron chi connectivity index (χ2n) is 6.39. The zero-order valence-electron chi connectivity index (χ0n) is 16.3. The summed E-state index contributed by atoms with van der Waals surface area (Å²) in [6.07, 6.45) is 0.0489. The summed E-state index contributed by atoms with van der Waals surface area (Å²) in [6.45, 7) is 7.33. The normalized spacial score (nSPS) is 10.6. The van der Waals surface area contributed by atoms with Gasteiger partial charge >= 0.3 is 6.03 Å². The minimum Gasteiger partial charge on any atom is -0.333 e. The zero-order valence-corrected chi connectivity index (χ0v) is 16.3. The Morgan fingerprint density at radius 1 is 0.929 bits per heavy atom. The Morgan fingerprint density at radius 3 is 2.21 bits per heavy atom. The van der Waals surface area contributed by atoms with Crippen molar-refractivity contribution in [2.24, 2.45) is 0 Å². The van der Waals surface area contributed by atoms with E-state index in [1.807, 2.05) is 18.2 Å². The number of amides is 3. The van der Waals surface area contributed by atoms with Gasteiger partial charge in [-0.1, -0.05) is 50.2 Å². The van der Waals surface area contributed by atoms with Crippen LogP contribution in [0.2, 0.25) is 0 Å². The van der Waals surface area contributed by atoms with E-state index in [4.69, 9.17) is 0 Å². The largest absolute Gasteiger partial charge is 0.333 e. The number of carbonyl (C=O) groups is 2. The molecule has 0 heterocycles. The Balaban J connectivity index is 1.79. The molecule has 0 aliphatic rings. The highest BCUT2D eigenvalue weighted by molar-refractivity contribution is 5.82. The number of hydrogen-bond donors (Lipinski definition) is 3. The lowest BCUT2D eigenvalue weighted by molar-refractivity contribution is -0.121. The number of carbonyl (C=O) groups excluding carboxylic acids is 2. The number of benzene rings is 2. The number of hydrogen-bond acceptors (Lipinski definition) is 3. The molecule has 2 rings (SSSR count).